The van der Waals surface area contributed by atoms with Crippen LogP contribution in [0.1, 0.15) is 71.8 Å². The van der Waals surface area contributed by atoms with Crippen LogP contribution in [-0.2, 0) is 27.0 Å². The molecular formula is C38H43F3N8O4. The van der Waals surface area contributed by atoms with Crippen molar-refractivity contribution in [2.24, 2.45) is 23.2 Å². The molecule has 53 heavy (non-hydrogen) atoms. The first kappa shape index (κ1) is 35.4. The van der Waals surface area contributed by atoms with Crippen molar-refractivity contribution < 1.29 is 32.2 Å². The summed E-state index contributed by atoms with van der Waals surface area (Å²) < 4.78 is 53.2. The van der Waals surface area contributed by atoms with Crippen LogP contribution in [-0.4, -0.2) is 89.2 Å². The van der Waals surface area contributed by atoms with Crippen LogP contribution in [0.2, 0.25) is 0 Å². The summed E-state index contributed by atoms with van der Waals surface area (Å²) in [6, 6.07) is 6.41. The average molecular weight is 733 g/mol. The summed E-state index contributed by atoms with van der Waals surface area (Å²) in [4.78, 5) is 50.7. The lowest BCUT2D eigenvalue weighted by atomic mass is 9.86. The largest absolute Gasteiger partial charge is 0.469 e. The Hall–Kier alpha value is -4.63. The molecule has 1 amide bonds. The van der Waals surface area contributed by atoms with Gasteiger partial charge in [-0.25, -0.2) is 4.98 Å². The van der Waals surface area contributed by atoms with Crippen LogP contribution in [0, 0.1) is 23.2 Å². The highest BCUT2D eigenvalue weighted by molar-refractivity contribution is 6.03. The number of aromatic amines is 1. The second-order valence-electron chi connectivity index (χ2n) is 15.3. The Kier molecular flexibility index (Phi) is 9.12. The van der Waals surface area contributed by atoms with Gasteiger partial charge in [0.1, 0.15) is 11.2 Å². The molecule has 0 spiro atoms. The number of hydrogen-bond acceptors (Lipinski definition) is 10. The van der Waals surface area contributed by atoms with Crippen molar-refractivity contribution in [3.8, 4) is 11.3 Å². The number of anilines is 2. The predicted molar refractivity (Wildman–Crippen MR) is 190 cm³/mol. The summed E-state index contributed by atoms with van der Waals surface area (Å²) in [6.07, 6.45) is 4.15. The average Bonchev–Trinajstić information content (AvgIpc) is 3.93. The molecule has 1 saturated heterocycles. The smallest absolute Gasteiger partial charge is 0.418 e. The van der Waals surface area contributed by atoms with E-state index in [9.17, 15) is 22.8 Å². The summed E-state index contributed by atoms with van der Waals surface area (Å²) in [7, 11) is 5.07. The van der Waals surface area contributed by atoms with E-state index in [4.69, 9.17) is 9.47 Å². The van der Waals surface area contributed by atoms with Crippen molar-refractivity contribution in [3.05, 3.63) is 59.2 Å². The number of pyridine rings is 3. The first-order valence-corrected chi connectivity index (χ1v) is 18.2. The highest BCUT2D eigenvalue weighted by atomic mass is 19.4. The summed E-state index contributed by atoms with van der Waals surface area (Å²) in [5.41, 5.74) is 2.40. The van der Waals surface area contributed by atoms with Crippen LogP contribution in [0.25, 0.3) is 22.4 Å². The van der Waals surface area contributed by atoms with Gasteiger partial charge in [0.25, 0.3) is 5.91 Å². The lowest BCUT2D eigenvalue weighted by molar-refractivity contribution is -0.143. The van der Waals surface area contributed by atoms with Gasteiger partial charge in [0.2, 0.25) is 5.95 Å². The van der Waals surface area contributed by atoms with E-state index in [0.717, 1.165) is 50.4 Å². The van der Waals surface area contributed by atoms with E-state index in [1.807, 2.05) is 13.1 Å². The predicted octanol–water partition coefficient (Wildman–Crippen LogP) is 6.06. The highest BCUT2D eigenvalue weighted by Gasteiger charge is 2.60. The van der Waals surface area contributed by atoms with Crippen LogP contribution in [0.15, 0.2) is 36.7 Å². The van der Waals surface area contributed by atoms with Gasteiger partial charge < -0.3 is 19.4 Å². The minimum atomic E-state index is -4.56. The molecule has 4 aromatic rings. The molecule has 4 fully saturated rings. The van der Waals surface area contributed by atoms with Gasteiger partial charge in [-0.3, -0.25) is 29.8 Å². The fourth-order valence-electron chi connectivity index (χ4n) is 8.68. The van der Waals surface area contributed by atoms with E-state index < -0.39 is 17.6 Å². The molecule has 1 aliphatic heterocycles. The zero-order valence-corrected chi connectivity index (χ0v) is 30.0. The monoisotopic (exact) mass is 732 g/mol. The minimum Gasteiger partial charge on any atom is -0.469 e. The summed E-state index contributed by atoms with van der Waals surface area (Å²) in [5.74, 6) is 0.0376. The number of nitrogens with zero attached hydrogens (tertiary/aromatic N) is 6. The zero-order valence-electron chi connectivity index (χ0n) is 30.0. The molecule has 4 aromatic heterocycles. The molecule has 0 radical (unpaired) electrons. The Labute approximate surface area is 304 Å². The maximum absolute atomic E-state index is 14.2. The molecule has 15 heteroatoms. The van der Waals surface area contributed by atoms with Crippen LogP contribution in [0.5, 0.6) is 0 Å². The minimum absolute atomic E-state index is 0.00861. The fraction of sp³-hybridized carbons (Fsp3) is 0.526. The van der Waals surface area contributed by atoms with Crippen molar-refractivity contribution in [3.63, 3.8) is 0 Å². The molecule has 8 rings (SSSR count). The number of alkyl halides is 3. The number of nitrogens with one attached hydrogen (secondary N) is 2. The summed E-state index contributed by atoms with van der Waals surface area (Å²) in [5, 5.41) is 2.79. The number of H-pyrrole nitrogens is 1. The quantitative estimate of drug-likeness (QED) is 0.166. The second kappa shape index (κ2) is 13.7. The molecule has 0 bridgehead atoms. The number of likely N-dealkylation sites (tertiary alicyclic amines) is 1. The number of carbonyl (C=O) groups is 2. The molecule has 3 aliphatic carbocycles. The van der Waals surface area contributed by atoms with E-state index in [1.54, 1.807) is 25.4 Å². The number of piperidine rings is 1. The third-order valence-electron chi connectivity index (χ3n) is 11.5. The molecule has 280 valence electrons. The molecule has 4 aliphatic rings. The molecule has 1 unspecified atom stereocenters. The molecule has 3 saturated carbocycles. The number of fused-ring (bicyclic) bond motifs is 2. The number of halogens is 3. The van der Waals surface area contributed by atoms with Crippen molar-refractivity contribution in [2.45, 2.75) is 57.2 Å². The summed E-state index contributed by atoms with van der Waals surface area (Å²) in [6.45, 7) is 3.55. The number of esters is 1. The first-order valence-electron chi connectivity index (χ1n) is 18.2. The summed E-state index contributed by atoms with van der Waals surface area (Å²) >= 11 is 0. The number of aromatic nitrogens is 5. The Morgan fingerprint density at radius 2 is 1.81 bits per heavy atom. The van der Waals surface area contributed by atoms with E-state index in [1.165, 1.54) is 13.3 Å². The number of amides is 1. The molecule has 12 nitrogen and oxygen atoms in total. The van der Waals surface area contributed by atoms with Crippen molar-refractivity contribution in [2.75, 3.05) is 57.7 Å². The molecule has 3 atom stereocenters. The van der Waals surface area contributed by atoms with E-state index in [2.05, 4.69) is 40.0 Å². The van der Waals surface area contributed by atoms with E-state index in [-0.39, 0.29) is 51.8 Å². The molecule has 5 heterocycles. The van der Waals surface area contributed by atoms with Gasteiger partial charge >= 0.3 is 12.1 Å². The number of methoxy groups -OCH3 is 2. The van der Waals surface area contributed by atoms with Gasteiger partial charge in [0, 0.05) is 69.6 Å². The molecular weight excluding hydrogens is 689 g/mol. The Morgan fingerprint density at radius 1 is 1.06 bits per heavy atom. The van der Waals surface area contributed by atoms with Crippen molar-refractivity contribution >= 4 is 34.7 Å². The standard InChI is InChI=1S/C38H43F3N8O4/c1-48(19-37(20-52-2)10-4-5-11-37)29-13-28(23-12-26(38(39,40)41)31(43-15-23)22-7-8-22)44-33-32(29)45-36(46-33)47-34(50)27-9-6-21(14-42-27)16-49-17-24-25(18-49)30(24)35(51)53-3/h6,9,12-15,22,24-25,30H,4-5,7-8,10-11,16-20H2,1-3H3,(H2,44,45,46,47,50)/t24-,25+,30?. The number of ether oxygens (including phenoxy) is 2. The van der Waals surface area contributed by atoms with Crippen LogP contribution in [0.4, 0.5) is 24.8 Å². The third kappa shape index (κ3) is 7.08. The van der Waals surface area contributed by atoms with E-state index >= 15 is 0 Å². The molecule has 2 N–H and O–H groups in total. The van der Waals surface area contributed by atoms with Crippen LogP contribution < -0.4 is 10.2 Å². The van der Waals surface area contributed by atoms with Crippen molar-refractivity contribution in [1.29, 1.82) is 0 Å². The lowest BCUT2D eigenvalue weighted by Gasteiger charge is -2.34. The fourth-order valence-corrected chi connectivity index (χ4v) is 8.68. The van der Waals surface area contributed by atoms with Gasteiger partial charge in [-0.15, -0.1) is 0 Å². The van der Waals surface area contributed by atoms with Gasteiger partial charge in [0.15, 0.2) is 5.65 Å². The van der Waals surface area contributed by atoms with Crippen LogP contribution >= 0.6 is 0 Å². The zero-order chi connectivity index (χ0) is 37.1. The Balaban J connectivity index is 1.04. The number of carbonyl (C=O) groups excluding carboxylic acids is 2. The topological polar surface area (TPSA) is 138 Å². The van der Waals surface area contributed by atoms with Crippen molar-refractivity contribution in [1.82, 2.24) is 29.8 Å². The second-order valence-corrected chi connectivity index (χ2v) is 15.3. The van der Waals surface area contributed by atoms with Crippen LogP contribution in [0.3, 0.4) is 0 Å². The maximum Gasteiger partial charge on any atom is 0.418 e. The van der Waals surface area contributed by atoms with E-state index in [0.29, 0.717) is 61.3 Å². The van der Waals surface area contributed by atoms with Gasteiger partial charge in [0.05, 0.1) is 42.3 Å². The van der Waals surface area contributed by atoms with Gasteiger partial charge in [-0.1, -0.05) is 18.9 Å². The lowest BCUT2D eigenvalue weighted by Crippen LogP contribution is -2.37. The molecule has 0 aromatic carbocycles. The highest BCUT2D eigenvalue weighted by Crippen LogP contribution is 2.52. The SMILES string of the molecule is COCC1(CN(C)c2cc(-c3cnc(C4CC4)c(C(F)(F)F)c3)nc3nc(NC(=O)c4ccc(CN5C[C@@H]6C(C(=O)OC)[C@@H]6C5)cn4)[nH]c23)CCCC1. The number of imidazole rings is 1. The van der Waals surface area contributed by atoms with Gasteiger partial charge in [-0.2, -0.15) is 18.2 Å². The third-order valence-corrected chi connectivity index (χ3v) is 11.5. The maximum atomic E-state index is 14.2. The Bertz CT molecular complexity index is 2010. The first-order chi connectivity index (χ1) is 25.4. The number of hydrogen-bond donors (Lipinski definition) is 2. The number of rotatable bonds is 12. The van der Waals surface area contributed by atoms with Gasteiger partial charge in [-0.05, 0) is 61.3 Å². The Morgan fingerprint density at radius 3 is 2.45 bits per heavy atom. The normalized spacial score (nSPS) is 22.2.